The molecule has 7 nitrogen and oxygen atoms in total. The van der Waals surface area contributed by atoms with Gasteiger partial charge in [-0.15, -0.1) is 16.4 Å². The van der Waals surface area contributed by atoms with Gasteiger partial charge in [-0.25, -0.2) is 9.78 Å². The summed E-state index contributed by atoms with van der Waals surface area (Å²) in [5.74, 6) is 1.62. The summed E-state index contributed by atoms with van der Waals surface area (Å²) in [6.07, 6.45) is 4.95. The lowest BCUT2D eigenvalue weighted by Crippen LogP contribution is -2.43. The smallest absolute Gasteiger partial charge is 0.324 e. The quantitative estimate of drug-likeness (QED) is 0.939. The number of thiazole rings is 1. The van der Waals surface area contributed by atoms with Crippen molar-refractivity contribution < 1.29 is 4.79 Å². The van der Waals surface area contributed by atoms with Crippen molar-refractivity contribution in [1.29, 1.82) is 0 Å². The minimum atomic E-state index is -0.116. The summed E-state index contributed by atoms with van der Waals surface area (Å²) in [5, 5.41) is 10.1. The number of hydrogen-bond acceptors (Lipinski definition) is 5. The summed E-state index contributed by atoms with van der Waals surface area (Å²) in [6.45, 7) is 3.40. The fourth-order valence-corrected chi connectivity index (χ4v) is 3.44. The molecule has 0 aromatic carbocycles. The highest BCUT2D eigenvalue weighted by molar-refractivity contribution is 7.09. The molecule has 1 atom stereocenters. The zero-order chi connectivity index (χ0) is 15.5. The number of rotatable bonds is 3. The molecular formula is C14H20N6OS. The second-order valence-electron chi connectivity index (χ2n) is 5.62. The molecule has 2 aromatic heterocycles. The van der Waals surface area contributed by atoms with Crippen LogP contribution in [0.25, 0.3) is 0 Å². The highest BCUT2D eigenvalue weighted by atomic mass is 32.1. The van der Waals surface area contributed by atoms with E-state index in [0.29, 0.717) is 11.9 Å². The predicted molar refractivity (Wildman–Crippen MR) is 84.9 cm³/mol. The maximum atomic E-state index is 12.3. The molecule has 1 fully saturated rings. The molecule has 0 spiro atoms. The van der Waals surface area contributed by atoms with Gasteiger partial charge < -0.3 is 4.90 Å². The van der Waals surface area contributed by atoms with Crippen LogP contribution in [0.3, 0.4) is 0 Å². The lowest BCUT2D eigenvalue weighted by atomic mass is 9.95. The first-order valence-corrected chi connectivity index (χ1v) is 8.31. The number of likely N-dealkylation sites (tertiary alicyclic amines) is 1. The van der Waals surface area contributed by atoms with Gasteiger partial charge in [-0.1, -0.05) is 0 Å². The number of carbonyl (C=O) groups excluding carboxylic acids is 1. The number of nitrogens with zero attached hydrogens (tertiary/aromatic N) is 5. The summed E-state index contributed by atoms with van der Waals surface area (Å²) < 4.78 is 1.65. The van der Waals surface area contributed by atoms with Gasteiger partial charge in [0.1, 0.15) is 5.82 Å². The van der Waals surface area contributed by atoms with E-state index >= 15 is 0 Å². The third-order valence-corrected chi connectivity index (χ3v) is 4.75. The van der Waals surface area contributed by atoms with E-state index in [1.165, 1.54) is 0 Å². The van der Waals surface area contributed by atoms with Gasteiger partial charge in [0.25, 0.3) is 0 Å². The first-order chi connectivity index (χ1) is 10.6. The molecular weight excluding hydrogens is 300 g/mol. The van der Waals surface area contributed by atoms with Crippen LogP contribution in [0.5, 0.6) is 0 Å². The van der Waals surface area contributed by atoms with Crippen molar-refractivity contribution in [2.75, 3.05) is 18.4 Å². The zero-order valence-corrected chi connectivity index (χ0v) is 13.6. The minimum absolute atomic E-state index is 0.116. The molecule has 8 heteroatoms. The molecule has 0 bridgehead atoms. The fourth-order valence-electron chi connectivity index (χ4n) is 2.71. The fraction of sp³-hybridized carbons (Fsp3) is 0.571. The lowest BCUT2D eigenvalue weighted by molar-refractivity contribution is 0.177. The Labute approximate surface area is 133 Å². The summed E-state index contributed by atoms with van der Waals surface area (Å²) in [6, 6.07) is -0.116. The van der Waals surface area contributed by atoms with Gasteiger partial charge in [0.15, 0.2) is 0 Å². The number of urea groups is 1. The average Bonchev–Trinajstić information content (AvgIpc) is 3.10. The summed E-state index contributed by atoms with van der Waals surface area (Å²) in [5.41, 5.74) is 0. The maximum absolute atomic E-state index is 12.3. The van der Waals surface area contributed by atoms with Crippen molar-refractivity contribution in [3.8, 4) is 0 Å². The topological polar surface area (TPSA) is 75.9 Å². The van der Waals surface area contributed by atoms with E-state index in [4.69, 9.17) is 0 Å². The van der Waals surface area contributed by atoms with E-state index in [1.807, 2.05) is 30.4 Å². The molecule has 22 heavy (non-hydrogen) atoms. The van der Waals surface area contributed by atoms with E-state index in [-0.39, 0.29) is 6.03 Å². The van der Waals surface area contributed by atoms with Crippen LogP contribution in [0.4, 0.5) is 10.7 Å². The average molecular weight is 320 g/mol. The molecule has 3 rings (SSSR count). The Morgan fingerprint density at radius 2 is 2.41 bits per heavy atom. The van der Waals surface area contributed by atoms with Crippen molar-refractivity contribution in [3.63, 3.8) is 0 Å². The van der Waals surface area contributed by atoms with Gasteiger partial charge in [0, 0.05) is 38.1 Å². The Kier molecular flexibility index (Phi) is 4.37. The third kappa shape index (κ3) is 3.44. The predicted octanol–water partition coefficient (Wildman–Crippen LogP) is 2.07. The van der Waals surface area contributed by atoms with Crippen molar-refractivity contribution in [2.45, 2.75) is 26.2 Å². The molecule has 1 unspecified atom stereocenters. The molecule has 1 saturated heterocycles. The van der Waals surface area contributed by atoms with Crippen LogP contribution in [0.1, 0.15) is 23.7 Å². The maximum Gasteiger partial charge on any atom is 0.324 e. The first kappa shape index (κ1) is 15.0. The number of aromatic nitrogens is 4. The summed E-state index contributed by atoms with van der Waals surface area (Å²) in [4.78, 5) is 22.8. The molecule has 118 valence electrons. The van der Waals surface area contributed by atoms with E-state index < -0.39 is 0 Å². The standard InChI is InChI=1S/C14H20N6OS/c1-10-16-13(18-19(10)2)17-14(21)20-6-3-4-11(9-20)8-12-15-5-7-22-12/h5,7,11H,3-4,6,8-9H2,1-2H3,(H,17,18,21). The van der Waals surface area contributed by atoms with Gasteiger partial charge in [-0.3, -0.25) is 10.00 Å². The van der Waals surface area contributed by atoms with E-state index in [9.17, 15) is 4.79 Å². The van der Waals surface area contributed by atoms with Crippen LogP contribution in [-0.2, 0) is 13.5 Å². The van der Waals surface area contributed by atoms with Gasteiger partial charge in [0.2, 0.25) is 5.95 Å². The molecule has 1 N–H and O–H groups in total. The second-order valence-corrected chi connectivity index (χ2v) is 6.60. The number of anilines is 1. The van der Waals surface area contributed by atoms with Gasteiger partial charge in [-0.2, -0.15) is 4.98 Å². The lowest BCUT2D eigenvalue weighted by Gasteiger charge is -2.32. The largest absolute Gasteiger partial charge is 0.324 e. The highest BCUT2D eigenvalue weighted by Crippen LogP contribution is 2.22. The summed E-state index contributed by atoms with van der Waals surface area (Å²) >= 11 is 1.68. The number of amides is 2. The number of aryl methyl sites for hydroxylation is 2. The van der Waals surface area contributed by atoms with Crippen LogP contribution < -0.4 is 5.32 Å². The number of carbonyl (C=O) groups is 1. The number of piperidine rings is 1. The van der Waals surface area contributed by atoms with Crippen LogP contribution >= 0.6 is 11.3 Å². The Balaban J connectivity index is 1.57. The number of nitrogens with one attached hydrogen (secondary N) is 1. The molecule has 0 radical (unpaired) electrons. The van der Waals surface area contributed by atoms with Gasteiger partial charge in [0.05, 0.1) is 5.01 Å². The first-order valence-electron chi connectivity index (χ1n) is 7.44. The molecule has 3 heterocycles. The molecule has 2 amide bonds. The Hall–Kier alpha value is -1.96. The number of hydrogen-bond donors (Lipinski definition) is 1. The monoisotopic (exact) mass is 320 g/mol. The van der Waals surface area contributed by atoms with E-state index in [1.54, 1.807) is 16.0 Å². The molecule has 0 aliphatic carbocycles. The Morgan fingerprint density at radius 3 is 3.09 bits per heavy atom. The van der Waals surface area contributed by atoms with E-state index in [0.717, 1.165) is 43.2 Å². The molecule has 2 aromatic rings. The van der Waals surface area contributed by atoms with Gasteiger partial charge >= 0.3 is 6.03 Å². The highest BCUT2D eigenvalue weighted by Gasteiger charge is 2.25. The molecule has 1 aliphatic heterocycles. The Morgan fingerprint density at radius 1 is 1.55 bits per heavy atom. The Bertz CT molecular complexity index is 618. The molecule has 1 aliphatic rings. The van der Waals surface area contributed by atoms with Crippen LogP contribution in [0.2, 0.25) is 0 Å². The normalized spacial score (nSPS) is 18.5. The summed E-state index contributed by atoms with van der Waals surface area (Å²) in [7, 11) is 1.81. The van der Waals surface area contributed by atoms with Crippen molar-refractivity contribution in [1.82, 2.24) is 24.6 Å². The van der Waals surface area contributed by atoms with Crippen LogP contribution in [0, 0.1) is 12.8 Å². The SMILES string of the molecule is Cc1nc(NC(=O)N2CCCC(Cc3nccs3)C2)nn1C. The molecule has 0 saturated carbocycles. The van der Waals surface area contributed by atoms with Crippen molar-refractivity contribution in [2.24, 2.45) is 13.0 Å². The van der Waals surface area contributed by atoms with Crippen molar-refractivity contribution >= 4 is 23.3 Å². The van der Waals surface area contributed by atoms with Crippen molar-refractivity contribution in [3.05, 3.63) is 22.4 Å². The van der Waals surface area contributed by atoms with Gasteiger partial charge in [-0.05, 0) is 25.7 Å². The third-order valence-electron chi connectivity index (χ3n) is 3.95. The minimum Gasteiger partial charge on any atom is -0.324 e. The second kappa shape index (κ2) is 6.43. The van der Waals surface area contributed by atoms with Crippen LogP contribution in [-0.4, -0.2) is 43.8 Å². The zero-order valence-electron chi connectivity index (χ0n) is 12.8. The van der Waals surface area contributed by atoms with E-state index in [2.05, 4.69) is 20.4 Å². The van der Waals surface area contributed by atoms with Crippen LogP contribution in [0.15, 0.2) is 11.6 Å².